The van der Waals surface area contributed by atoms with Gasteiger partial charge in [0.2, 0.25) is 0 Å². The molecule has 2 rings (SSSR count). The summed E-state index contributed by atoms with van der Waals surface area (Å²) in [7, 11) is 0. The molecular formula is C16H16FNOS. The first-order valence-electron chi connectivity index (χ1n) is 6.25. The summed E-state index contributed by atoms with van der Waals surface area (Å²) in [5.41, 5.74) is 9.09. The second-order valence-corrected chi connectivity index (χ2v) is 5.16. The van der Waals surface area contributed by atoms with Crippen LogP contribution in [0.4, 0.5) is 4.39 Å². The molecule has 0 bridgehead atoms. The maximum atomic E-state index is 13.2. The third kappa shape index (κ3) is 3.33. The average molecular weight is 289 g/mol. The third-order valence-electron chi connectivity index (χ3n) is 3.06. The summed E-state index contributed by atoms with van der Waals surface area (Å²) in [6, 6.07) is 10.4. The van der Waals surface area contributed by atoms with E-state index in [9.17, 15) is 4.39 Å². The largest absolute Gasteiger partial charge is 0.489 e. The molecule has 0 saturated carbocycles. The molecule has 2 aromatic rings. The van der Waals surface area contributed by atoms with Gasteiger partial charge in [-0.1, -0.05) is 30.4 Å². The van der Waals surface area contributed by atoms with Gasteiger partial charge in [-0.2, -0.15) is 0 Å². The summed E-state index contributed by atoms with van der Waals surface area (Å²) in [5.74, 6) is 0.450. The molecule has 0 atom stereocenters. The molecule has 0 aromatic heterocycles. The van der Waals surface area contributed by atoms with E-state index in [2.05, 4.69) is 0 Å². The van der Waals surface area contributed by atoms with Crippen molar-refractivity contribution in [1.82, 2.24) is 0 Å². The summed E-state index contributed by atoms with van der Waals surface area (Å²) in [5, 5.41) is 0. The normalized spacial score (nSPS) is 10.3. The Bertz CT molecular complexity index is 655. The average Bonchev–Trinajstić information content (AvgIpc) is 2.40. The van der Waals surface area contributed by atoms with E-state index in [0.29, 0.717) is 12.2 Å². The van der Waals surface area contributed by atoms with Gasteiger partial charge in [-0.15, -0.1) is 0 Å². The summed E-state index contributed by atoms with van der Waals surface area (Å²) < 4.78 is 19.0. The Morgan fingerprint density at radius 3 is 2.65 bits per heavy atom. The fraction of sp³-hybridized carbons (Fsp3) is 0.188. The maximum Gasteiger partial charge on any atom is 0.123 e. The number of thiocarbonyl (C=S) groups is 1. The molecule has 2 N–H and O–H groups in total. The van der Waals surface area contributed by atoms with E-state index in [1.165, 1.54) is 12.1 Å². The minimum atomic E-state index is -0.358. The van der Waals surface area contributed by atoms with Gasteiger partial charge in [0.05, 0.1) is 0 Å². The van der Waals surface area contributed by atoms with Crippen LogP contribution >= 0.6 is 12.2 Å². The van der Waals surface area contributed by atoms with Crippen LogP contribution in [0.2, 0.25) is 0 Å². The molecule has 0 amide bonds. The fourth-order valence-electron chi connectivity index (χ4n) is 1.92. The summed E-state index contributed by atoms with van der Waals surface area (Å²) >= 11 is 4.94. The van der Waals surface area contributed by atoms with Crippen LogP contribution in [-0.2, 0) is 6.61 Å². The van der Waals surface area contributed by atoms with Crippen molar-refractivity contribution in [2.75, 3.05) is 0 Å². The molecule has 20 heavy (non-hydrogen) atoms. The predicted molar refractivity (Wildman–Crippen MR) is 82.5 cm³/mol. The molecule has 0 spiro atoms. The second kappa shape index (κ2) is 6.01. The lowest BCUT2D eigenvalue weighted by atomic mass is 10.1. The van der Waals surface area contributed by atoms with Gasteiger partial charge < -0.3 is 10.5 Å². The van der Waals surface area contributed by atoms with E-state index in [0.717, 1.165) is 22.4 Å². The Kier molecular flexibility index (Phi) is 4.35. The van der Waals surface area contributed by atoms with Gasteiger partial charge in [-0.05, 0) is 48.7 Å². The molecule has 2 aromatic carbocycles. The fourth-order valence-corrected chi connectivity index (χ4v) is 2.11. The number of rotatable bonds is 4. The zero-order chi connectivity index (χ0) is 14.7. The van der Waals surface area contributed by atoms with Crippen LogP contribution in [0.3, 0.4) is 0 Å². The smallest absolute Gasteiger partial charge is 0.123 e. The van der Waals surface area contributed by atoms with Crippen LogP contribution in [0.1, 0.15) is 22.3 Å². The van der Waals surface area contributed by atoms with Gasteiger partial charge in [0, 0.05) is 5.56 Å². The van der Waals surface area contributed by atoms with Gasteiger partial charge in [-0.3, -0.25) is 0 Å². The second-order valence-electron chi connectivity index (χ2n) is 4.72. The highest BCUT2D eigenvalue weighted by atomic mass is 32.1. The lowest BCUT2D eigenvalue weighted by molar-refractivity contribution is 0.303. The molecule has 2 nitrogen and oxygen atoms in total. The van der Waals surface area contributed by atoms with Crippen molar-refractivity contribution in [2.24, 2.45) is 5.73 Å². The molecule has 0 unspecified atom stereocenters. The van der Waals surface area contributed by atoms with E-state index in [4.69, 9.17) is 22.7 Å². The first-order valence-corrected chi connectivity index (χ1v) is 6.66. The van der Waals surface area contributed by atoms with Gasteiger partial charge in [0.25, 0.3) is 0 Å². The Morgan fingerprint density at radius 2 is 1.95 bits per heavy atom. The first kappa shape index (κ1) is 14.5. The highest BCUT2D eigenvalue weighted by Crippen LogP contribution is 2.21. The quantitative estimate of drug-likeness (QED) is 0.873. The van der Waals surface area contributed by atoms with Crippen LogP contribution in [0.5, 0.6) is 5.75 Å². The van der Waals surface area contributed by atoms with E-state index in [1.807, 2.05) is 32.0 Å². The Balaban J connectivity index is 2.23. The van der Waals surface area contributed by atoms with Crippen LogP contribution < -0.4 is 10.5 Å². The molecule has 0 heterocycles. The number of nitrogens with two attached hydrogens (primary N) is 1. The van der Waals surface area contributed by atoms with Gasteiger partial charge in [-0.25, -0.2) is 4.39 Å². The number of aryl methyl sites for hydroxylation is 2. The van der Waals surface area contributed by atoms with Crippen molar-refractivity contribution in [3.05, 3.63) is 64.5 Å². The molecular weight excluding hydrogens is 273 g/mol. The summed E-state index contributed by atoms with van der Waals surface area (Å²) in [4.78, 5) is 0.170. The summed E-state index contributed by atoms with van der Waals surface area (Å²) in [6.07, 6.45) is 0. The van der Waals surface area contributed by atoms with Crippen molar-refractivity contribution in [2.45, 2.75) is 20.5 Å². The third-order valence-corrected chi connectivity index (χ3v) is 3.28. The van der Waals surface area contributed by atoms with Crippen LogP contribution in [0.25, 0.3) is 0 Å². The van der Waals surface area contributed by atoms with E-state index < -0.39 is 0 Å². The van der Waals surface area contributed by atoms with E-state index in [1.54, 1.807) is 6.07 Å². The molecule has 0 aliphatic carbocycles. The predicted octanol–water partition coefficient (Wildman–Crippen LogP) is 3.66. The highest BCUT2D eigenvalue weighted by molar-refractivity contribution is 7.80. The molecule has 4 heteroatoms. The Hall–Kier alpha value is -1.94. The zero-order valence-electron chi connectivity index (χ0n) is 11.4. The van der Waals surface area contributed by atoms with Gasteiger partial charge in [0.1, 0.15) is 23.2 Å². The van der Waals surface area contributed by atoms with Crippen molar-refractivity contribution in [3.63, 3.8) is 0 Å². The molecule has 0 radical (unpaired) electrons. The van der Waals surface area contributed by atoms with Crippen molar-refractivity contribution in [1.29, 1.82) is 0 Å². The van der Waals surface area contributed by atoms with Crippen LogP contribution in [-0.4, -0.2) is 4.99 Å². The number of hydrogen-bond acceptors (Lipinski definition) is 2. The highest BCUT2D eigenvalue weighted by Gasteiger charge is 2.08. The van der Waals surface area contributed by atoms with E-state index >= 15 is 0 Å². The Labute approximate surface area is 123 Å². The molecule has 104 valence electrons. The number of halogens is 1. The van der Waals surface area contributed by atoms with Gasteiger partial charge in [0.15, 0.2) is 0 Å². The minimum absolute atomic E-state index is 0.170. The standard InChI is InChI=1S/C16H16FNOS/c1-10-3-4-11(2)15(7-10)19-9-12-5-6-13(17)8-14(12)16(18)20/h3-8H,9H2,1-2H3,(H2,18,20). The molecule has 0 saturated heterocycles. The minimum Gasteiger partial charge on any atom is -0.489 e. The molecule has 0 aliphatic heterocycles. The number of benzene rings is 2. The first-order chi connectivity index (χ1) is 9.47. The lowest BCUT2D eigenvalue weighted by Crippen LogP contribution is -2.14. The molecule has 0 aliphatic rings. The number of ether oxygens (including phenoxy) is 1. The van der Waals surface area contributed by atoms with Crippen LogP contribution in [0.15, 0.2) is 36.4 Å². The van der Waals surface area contributed by atoms with Crippen molar-refractivity contribution in [3.8, 4) is 5.75 Å². The van der Waals surface area contributed by atoms with Crippen molar-refractivity contribution < 1.29 is 9.13 Å². The SMILES string of the molecule is Cc1ccc(C)c(OCc2ccc(F)cc2C(N)=S)c1. The number of hydrogen-bond donors (Lipinski definition) is 1. The van der Waals surface area contributed by atoms with Crippen molar-refractivity contribution >= 4 is 17.2 Å². The van der Waals surface area contributed by atoms with Gasteiger partial charge >= 0.3 is 0 Å². The summed E-state index contributed by atoms with van der Waals surface area (Å²) in [6.45, 7) is 4.29. The molecule has 0 fully saturated rings. The monoisotopic (exact) mass is 289 g/mol. The van der Waals surface area contributed by atoms with Crippen LogP contribution in [0, 0.1) is 19.7 Å². The maximum absolute atomic E-state index is 13.2. The zero-order valence-corrected chi connectivity index (χ0v) is 12.3. The Morgan fingerprint density at radius 1 is 1.20 bits per heavy atom. The lowest BCUT2D eigenvalue weighted by Gasteiger charge is -2.12. The topological polar surface area (TPSA) is 35.2 Å². The van der Waals surface area contributed by atoms with E-state index in [-0.39, 0.29) is 10.8 Å².